The molecule has 0 atom stereocenters. The highest BCUT2D eigenvalue weighted by Crippen LogP contribution is 2.24. The lowest BCUT2D eigenvalue weighted by Crippen LogP contribution is -2.02. The molecule has 3 N–H and O–H groups in total. The maximum absolute atomic E-state index is 13.4. The summed E-state index contributed by atoms with van der Waals surface area (Å²) < 4.78 is 26.3. The van der Waals surface area contributed by atoms with Gasteiger partial charge in [0.05, 0.1) is 17.6 Å². The molecule has 0 aliphatic carbocycles. The van der Waals surface area contributed by atoms with Gasteiger partial charge >= 0.3 is 0 Å². The Bertz CT molecular complexity index is 562. The van der Waals surface area contributed by atoms with E-state index in [1.807, 2.05) is 0 Å². The zero-order valence-corrected chi connectivity index (χ0v) is 9.17. The van der Waals surface area contributed by atoms with E-state index in [9.17, 15) is 8.78 Å². The van der Waals surface area contributed by atoms with Gasteiger partial charge < -0.3 is 11.1 Å². The summed E-state index contributed by atoms with van der Waals surface area (Å²) in [7, 11) is 0. The summed E-state index contributed by atoms with van der Waals surface area (Å²) in [6.07, 6.45) is 1.27. The molecule has 0 saturated carbocycles. The number of nitrogen functional groups attached to an aromatic ring is 1. The number of anilines is 3. The second-order valence-electron chi connectivity index (χ2n) is 3.17. The fraction of sp³-hybridized carbons (Fsp3) is 0. The molecular formula is C10H7ClF2N4. The summed E-state index contributed by atoms with van der Waals surface area (Å²) in [5, 5.41) is 2.50. The first-order chi connectivity index (χ1) is 8.08. The number of hydrogen-bond donors (Lipinski definition) is 2. The van der Waals surface area contributed by atoms with Crippen LogP contribution >= 0.6 is 11.6 Å². The van der Waals surface area contributed by atoms with Crippen molar-refractivity contribution in [3.8, 4) is 0 Å². The van der Waals surface area contributed by atoms with Crippen LogP contribution in [-0.4, -0.2) is 9.97 Å². The van der Waals surface area contributed by atoms with Crippen LogP contribution in [0.15, 0.2) is 24.4 Å². The Morgan fingerprint density at radius 3 is 2.82 bits per heavy atom. The van der Waals surface area contributed by atoms with E-state index < -0.39 is 11.6 Å². The summed E-state index contributed by atoms with van der Waals surface area (Å²) in [5.74, 6) is -1.86. The van der Waals surface area contributed by atoms with Crippen LogP contribution in [0.3, 0.4) is 0 Å². The van der Waals surface area contributed by atoms with E-state index in [-0.39, 0.29) is 22.5 Å². The molecule has 0 aliphatic heterocycles. The highest BCUT2D eigenvalue weighted by atomic mass is 35.5. The fourth-order valence-corrected chi connectivity index (χ4v) is 1.33. The van der Waals surface area contributed by atoms with Gasteiger partial charge in [0.15, 0.2) is 17.5 Å². The van der Waals surface area contributed by atoms with Gasteiger partial charge in [-0.25, -0.2) is 13.8 Å². The lowest BCUT2D eigenvalue weighted by Gasteiger charge is -2.08. The summed E-state index contributed by atoms with van der Waals surface area (Å²) in [4.78, 5) is 7.41. The van der Waals surface area contributed by atoms with E-state index >= 15 is 0 Å². The zero-order chi connectivity index (χ0) is 12.4. The molecule has 0 unspecified atom stereocenters. The summed E-state index contributed by atoms with van der Waals surface area (Å²) in [5.41, 5.74) is 5.66. The molecule has 88 valence electrons. The van der Waals surface area contributed by atoms with Crippen molar-refractivity contribution in [2.45, 2.75) is 0 Å². The molecule has 0 bridgehead atoms. The molecule has 4 nitrogen and oxygen atoms in total. The Balaban J connectivity index is 2.38. The molecule has 0 aliphatic rings. The van der Waals surface area contributed by atoms with Crippen molar-refractivity contribution in [1.82, 2.24) is 9.97 Å². The maximum atomic E-state index is 13.4. The zero-order valence-electron chi connectivity index (χ0n) is 8.42. The van der Waals surface area contributed by atoms with Gasteiger partial charge in [-0.2, -0.15) is 4.98 Å². The number of rotatable bonds is 2. The third-order valence-corrected chi connectivity index (χ3v) is 2.17. The largest absolute Gasteiger partial charge is 0.394 e. The van der Waals surface area contributed by atoms with Crippen LogP contribution in [0, 0.1) is 11.6 Å². The summed E-state index contributed by atoms with van der Waals surface area (Å²) in [6, 6.07) is 3.73. The molecule has 2 rings (SSSR count). The number of nitrogens with two attached hydrogens (primary N) is 1. The lowest BCUT2D eigenvalue weighted by atomic mass is 10.3. The van der Waals surface area contributed by atoms with Crippen LogP contribution in [0.5, 0.6) is 0 Å². The first kappa shape index (κ1) is 11.5. The number of benzene rings is 1. The first-order valence-electron chi connectivity index (χ1n) is 4.57. The Kier molecular flexibility index (Phi) is 3.06. The Morgan fingerprint density at radius 2 is 2.06 bits per heavy atom. The number of hydrogen-bond acceptors (Lipinski definition) is 4. The van der Waals surface area contributed by atoms with Crippen molar-refractivity contribution in [2.75, 3.05) is 11.1 Å². The minimum atomic E-state index is -1.01. The molecule has 0 radical (unpaired) electrons. The predicted molar refractivity (Wildman–Crippen MR) is 61.1 cm³/mol. The molecule has 0 spiro atoms. The van der Waals surface area contributed by atoms with Gasteiger partial charge in [-0.1, -0.05) is 6.07 Å². The van der Waals surface area contributed by atoms with E-state index in [0.717, 1.165) is 6.07 Å². The predicted octanol–water partition coefficient (Wildman–Crippen LogP) is 2.73. The Hall–Kier alpha value is -1.95. The van der Waals surface area contributed by atoms with E-state index in [1.54, 1.807) is 0 Å². The smallest absolute Gasteiger partial charge is 0.224 e. The Labute approximate surface area is 100 Å². The van der Waals surface area contributed by atoms with Crippen LogP contribution in [-0.2, 0) is 0 Å². The number of halogens is 3. The van der Waals surface area contributed by atoms with E-state index in [0.29, 0.717) is 0 Å². The van der Waals surface area contributed by atoms with Crippen LogP contribution in [0.1, 0.15) is 0 Å². The average molecular weight is 257 g/mol. The second kappa shape index (κ2) is 4.50. The first-order valence-corrected chi connectivity index (χ1v) is 4.95. The van der Waals surface area contributed by atoms with Gasteiger partial charge in [0.1, 0.15) is 0 Å². The van der Waals surface area contributed by atoms with Crippen molar-refractivity contribution in [1.29, 1.82) is 0 Å². The van der Waals surface area contributed by atoms with Gasteiger partial charge in [-0.05, 0) is 23.7 Å². The summed E-state index contributed by atoms with van der Waals surface area (Å²) >= 11 is 5.57. The van der Waals surface area contributed by atoms with Gasteiger partial charge in [-0.3, -0.25) is 0 Å². The summed E-state index contributed by atoms with van der Waals surface area (Å²) in [6.45, 7) is 0. The molecular weight excluding hydrogens is 250 g/mol. The molecule has 1 aromatic heterocycles. The van der Waals surface area contributed by atoms with Gasteiger partial charge in [0.2, 0.25) is 5.28 Å². The average Bonchev–Trinajstić information content (AvgIpc) is 2.30. The highest BCUT2D eigenvalue weighted by Gasteiger charge is 2.10. The monoisotopic (exact) mass is 256 g/mol. The van der Waals surface area contributed by atoms with Crippen molar-refractivity contribution in [3.05, 3.63) is 41.3 Å². The minimum absolute atomic E-state index is 0.0430. The van der Waals surface area contributed by atoms with Gasteiger partial charge in [0, 0.05) is 0 Å². The van der Waals surface area contributed by atoms with Crippen LogP contribution in [0.25, 0.3) is 0 Å². The topological polar surface area (TPSA) is 63.8 Å². The van der Waals surface area contributed by atoms with Crippen LogP contribution in [0.4, 0.5) is 26.0 Å². The number of aromatic nitrogens is 2. The molecule has 7 heteroatoms. The van der Waals surface area contributed by atoms with E-state index in [4.69, 9.17) is 17.3 Å². The van der Waals surface area contributed by atoms with Gasteiger partial charge in [0.25, 0.3) is 0 Å². The quantitative estimate of drug-likeness (QED) is 0.811. The number of nitrogens with one attached hydrogen (secondary N) is 1. The Morgan fingerprint density at radius 1 is 1.29 bits per heavy atom. The van der Waals surface area contributed by atoms with Crippen molar-refractivity contribution in [3.63, 3.8) is 0 Å². The van der Waals surface area contributed by atoms with Crippen molar-refractivity contribution >= 4 is 28.8 Å². The molecule has 0 saturated heterocycles. The standard InChI is InChI=1S/C10H7ClF2N4/c11-10-15-4-6(14)9(17-10)16-7-3-1-2-5(12)8(7)13/h1-4H,14H2,(H,15,16,17). The normalized spacial score (nSPS) is 10.3. The maximum Gasteiger partial charge on any atom is 0.224 e. The highest BCUT2D eigenvalue weighted by molar-refractivity contribution is 6.28. The van der Waals surface area contributed by atoms with Crippen LogP contribution < -0.4 is 11.1 Å². The molecule has 17 heavy (non-hydrogen) atoms. The molecule has 0 fully saturated rings. The second-order valence-corrected chi connectivity index (χ2v) is 3.51. The van der Waals surface area contributed by atoms with Crippen LogP contribution in [0.2, 0.25) is 5.28 Å². The lowest BCUT2D eigenvalue weighted by molar-refractivity contribution is 0.511. The number of nitrogens with zero attached hydrogens (tertiary/aromatic N) is 2. The molecule has 0 amide bonds. The SMILES string of the molecule is Nc1cnc(Cl)nc1Nc1cccc(F)c1F. The third-order valence-electron chi connectivity index (χ3n) is 1.99. The molecule has 1 heterocycles. The fourth-order valence-electron chi connectivity index (χ4n) is 1.20. The van der Waals surface area contributed by atoms with E-state index in [1.165, 1.54) is 18.3 Å². The van der Waals surface area contributed by atoms with Gasteiger partial charge in [-0.15, -0.1) is 0 Å². The minimum Gasteiger partial charge on any atom is -0.394 e. The third kappa shape index (κ3) is 2.42. The molecule has 2 aromatic rings. The van der Waals surface area contributed by atoms with Crippen molar-refractivity contribution in [2.24, 2.45) is 0 Å². The van der Waals surface area contributed by atoms with E-state index in [2.05, 4.69) is 15.3 Å². The van der Waals surface area contributed by atoms with Crippen molar-refractivity contribution < 1.29 is 8.78 Å². The molecule has 1 aromatic carbocycles.